The van der Waals surface area contributed by atoms with E-state index in [0.29, 0.717) is 17.7 Å². The van der Waals surface area contributed by atoms with Crippen molar-refractivity contribution >= 4 is 33.3 Å². The second-order valence-corrected chi connectivity index (χ2v) is 9.78. The minimum atomic E-state index is 0.318. The number of thiophene rings is 1. The monoisotopic (exact) mass is 398 g/mol. The Balaban J connectivity index is 1.50. The Labute approximate surface area is 171 Å². The highest BCUT2D eigenvalue weighted by Gasteiger charge is 2.35. The zero-order valence-corrected chi connectivity index (χ0v) is 17.9. The van der Waals surface area contributed by atoms with Gasteiger partial charge in [-0.1, -0.05) is 13.8 Å². The number of piperazine rings is 1. The van der Waals surface area contributed by atoms with Crippen LogP contribution in [0.1, 0.15) is 68.1 Å². The average molecular weight is 399 g/mol. The number of carbonyl (C=O) groups is 1. The van der Waals surface area contributed by atoms with Crippen LogP contribution in [0.2, 0.25) is 0 Å². The van der Waals surface area contributed by atoms with Gasteiger partial charge in [0.05, 0.1) is 5.39 Å². The van der Waals surface area contributed by atoms with Crippen molar-refractivity contribution in [2.24, 2.45) is 5.92 Å². The normalized spacial score (nSPS) is 21.1. The molecule has 1 amide bonds. The summed E-state index contributed by atoms with van der Waals surface area (Å²) < 4.78 is 0. The maximum absolute atomic E-state index is 12.4. The Kier molecular flexibility index (Phi) is 4.77. The zero-order valence-electron chi connectivity index (χ0n) is 17.0. The predicted octanol–water partition coefficient (Wildman–Crippen LogP) is 4.14. The first kappa shape index (κ1) is 18.3. The van der Waals surface area contributed by atoms with E-state index in [4.69, 9.17) is 9.97 Å². The van der Waals surface area contributed by atoms with E-state index >= 15 is 0 Å². The van der Waals surface area contributed by atoms with Gasteiger partial charge in [-0.15, -0.1) is 11.3 Å². The largest absolute Gasteiger partial charge is 0.352 e. The number of carbonyl (C=O) groups excluding carboxylic acids is 1. The van der Waals surface area contributed by atoms with Crippen LogP contribution in [0.25, 0.3) is 10.2 Å². The van der Waals surface area contributed by atoms with E-state index in [1.54, 1.807) is 0 Å². The molecule has 28 heavy (non-hydrogen) atoms. The van der Waals surface area contributed by atoms with Gasteiger partial charge in [0.25, 0.3) is 0 Å². The van der Waals surface area contributed by atoms with Gasteiger partial charge in [0, 0.05) is 42.9 Å². The molecule has 0 radical (unpaired) electrons. The lowest BCUT2D eigenvalue weighted by molar-refractivity contribution is -0.132. The highest BCUT2D eigenvalue weighted by atomic mass is 32.1. The summed E-state index contributed by atoms with van der Waals surface area (Å²) in [6.07, 6.45) is 8.15. The van der Waals surface area contributed by atoms with Gasteiger partial charge in [0.2, 0.25) is 5.91 Å². The fraction of sp³-hybridized carbons (Fsp3) is 0.682. The molecule has 0 aromatic carbocycles. The summed E-state index contributed by atoms with van der Waals surface area (Å²) in [5, 5.41) is 1.31. The molecule has 1 aliphatic heterocycles. The summed E-state index contributed by atoms with van der Waals surface area (Å²) in [5.41, 5.74) is 1.51. The minimum absolute atomic E-state index is 0.318. The van der Waals surface area contributed by atoms with Gasteiger partial charge in [-0.25, -0.2) is 9.97 Å². The first-order chi connectivity index (χ1) is 13.7. The van der Waals surface area contributed by atoms with Crippen molar-refractivity contribution in [1.82, 2.24) is 14.9 Å². The van der Waals surface area contributed by atoms with Crippen LogP contribution in [0.3, 0.4) is 0 Å². The topological polar surface area (TPSA) is 49.3 Å². The first-order valence-corrected chi connectivity index (χ1v) is 11.8. The van der Waals surface area contributed by atoms with Gasteiger partial charge in [-0.3, -0.25) is 4.79 Å². The molecule has 3 aliphatic rings. The SMILES string of the molecule is CC[C@H](C)c1nc(N2CCN(C(=O)C3CC3)CC2)c2c3c(sc2n1)CCCC3. The van der Waals surface area contributed by atoms with Crippen molar-refractivity contribution in [3.05, 3.63) is 16.3 Å². The number of nitrogens with zero attached hydrogens (tertiary/aromatic N) is 4. The summed E-state index contributed by atoms with van der Waals surface area (Å²) in [4.78, 5) is 29.8. The van der Waals surface area contributed by atoms with E-state index in [1.807, 2.05) is 11.3 Å². The molecule has 2 aliphatic carbocycles. The zero-order chi connectivity index (χ0) is 19.3. The van der Waals surface area contributed by atoms with Crippen LogP contribution in [0, 0.1) is 5.92 Å². The summed E-state index contributed by atoms with van der Waals surface area (Å²) >= 11 is 1.90. The Morgan fingerprint density at radius 1 is 1.14 bits per heavy atom. The molecule has 2 aromatic rings. The number of anilines is 1. The maximum Gasteiger partial charge on any atom is 0.225 e. The maximum atomic E-state index is 12.4. The second kappa shape index (κ2) is 7.29. The van der Waals surface area contributed by atoms with Crippen LogP contribution >= 0.6 is 11.3 Å². The smallest absolute Gasteiger partial charge is 0.225 e. The van der Waals surface area contributed by atoms with Gasteiger partial charge in [-0.05, 0) is 50.5 Å². The molecular formula is C22H30N4OS. The molecule has 1 atom stereocenters. The van der Waals surface area contributed by atoms with E-state index in [9.17, 15) is 4.79 Å². The third-order valence-electron chi connectivity index (χ3n) is 6.68. The van der Waals surface area contributed by atoms with Crippen LogP contribution < -0.4 is 4.90 Å². The lowest BCUT2D eigenvalue weighted by Crippen LogP contribution is -2.49. The fourth-order valence-corrected chi connectivity index (χ4v) is 5.78. The Morgan fingerprint density at radius 3 is 2.61 bits per heavy atom. The summed E-state index contributed by atoms with van der Waals surface area (Å²) in [5.74, 6) is 3.19. The first-order valence-electron chi connectivity index (χ1n) is 11.0. The van der Waals surface area contributed by atoms with Gasteiger partial charge < -0.3 is 9.80 Å². The van der Waals surface area contributed by atoms with E-state index < -0.39 is 0 Å². The van der Waals surface area contributed by atoms with Crippen molar-refractivity contribution in [3.8, 4) is 0 Å². The summed E-state index contributed by atoms with van der Waals surface area (Å²) in [6.45, 7) is 7.85. The van der Waals surface area contributed by atoms with Crippen molar-refractivity contribution in [1.29, 1.82) is 0 Å². The third kappa shape index (κ3) is 3.19. The van der Waals surface area contributed by atoms with Gasteiger partial charge >= 0.3 is 0 Å². The number of amides is 1. The number of fused-ring (bicyclic) bond motifs is 3. The second-order valence-electron chi connectivity index (χ2n) is 8.69. The molecule has 5 nitrogen and oxygen atoms in total. The Bertz CT molecular complexity index is 896. The molecule has 5 rings (SSSR count). The molecular weight excluding hydrogens is 368 g/mol. The van der Waals surface area contributed by atoms with Crippen LogP contribution in [0.15, 0.2) is 0 Å². The lowest BCUT2D eigenvalue weighted by Gasteiger charge is -2.36. The van der Waals surface area contributed by atoms with E-state index in [0.717, 1.165) is 63.5 Å². The molecule has 2 aromatic heterocycles. The van der Waals surface area contributed by atoms with E-state index in [1.165, 1.54) is 39.9 Å². The number of hydrogen-bond acceptors (Lipinski definition) is 5. The lowest BCUT2D eigenvalue weighted by atomic mass is 9.96. The molecule has 150 valence electrons. The quantitative estimate of drug-likeness (QED) is 0.777. The van der Waals surface area contributed by atoms with Crippen LogP contribution in [-0.4, -0.2) is 47.0 Å². The van der Waals surface area contributed by atoms with Crippen molar-refractivity contribution in [3.63, 3.8) is 0 Å². The van der Waals surface area contributed by atoms with Gasteiger partial charge in [0.1, 0.15) is 16.5 Å². The van der Waals surface area contributed by atoms with E-state index in [-0.39, 0.29) is 0 Å². The highest BCUT2D eigenvalue weighted by Crippen LogP contribution is 2.41. The molecule has 2 fully saturated rings. The minimum Gasteiger partial charge on any atom is -0.352 e. The highest BCUT2D eigenvalue weighted by molar-refractivity contribution is 7.19. The van der Waals surface area contributed by atoms with Crippen molar-refractivity contribution < 1.29 is 4.79 Å². The van der Waals surface area contributed by atoms with Crippen LogP contribution in [0.4, 0.5) is 5.82 Å². The standard InChI is InChI=1S/C22H30N4OS/c1-3-14(2)19-23-20(18-16-6-4-5-7-17(16)28-21(18)24-19)25-10-12-26(13-11-25)22(27)15-8-9-15/h14-15H,3-13H2,1-2H3/t14-/m0/s1. The molecule has 0 spiro atoms. The number of aryl methyl sites for hydroxylation is 2. The molecule has 6 heteroatoms. The third-order valence-corrected chi connectivity index (χ3v) is 7.87. The average Bonchev–Trinajstić information content (AvgIpc) is 3.52. The van der Waals surface area contributed by atoms with Crippen molar-refractivity contribution in [2.75, 3.05) is 31.1 Å². The molecule has 0 N–H and O–H groups in total. The summed E-state index contributed by atoms with van der Waals surface area (Å²) in [7, 11) is 0. The van der Waals surface area contributed by atoms with Gasteiger partial charge in [0.15, 0.2) is 0 Å². The Morgan fingerprint density at radius 2 is 1.89 bits per heavy atom. The molecule has 3 heterocycles. The number of aromatic nitrogens is 2. The molecule has 0 bridgehead atoms. The van der Waals surface area contributed by atoms with Crippen LogP contribution in [-0.2, 0) is 17.6 Å². The van der Waals surface area contributed by atoms with E-state index in [2.05, 4.69) is 23.6 Å². The van der Waals surface area contributed by atoms with Crippen LogP contribution in [0.5, 0.6) is 0 Å². The number of rotatable bonds is 4. The molecule has 1 saturated heterocycles. The predicted molar refractivity (Wildman–Crippen MR) is 114 cm³/mol. The Hall–Kier alpha value is -1.69. The number of hydrogen-bond donors (Lipinski definition) is 0. The fourth-order valence-electron chi connectivity index (χ4n) is 4.51. The van der Waals surface area contributed by atoms with Gasteiger partial charge in [-0.2, -0.15) is 0 Å². The van der Waals surface area contributed by atoms with Crippen molar-refractivity contribution in [2.45, 2.75) is 64.7 Å². The molecule has 0 unspecified atom stereocenters. The molecule has 1 saturated carbocycles. The summed E-state index contributed by atoms with van der Waals surface area (Å²) in [6, 6.07) is 0.